The third kappa shape index (κ3) is 3.71. The van der Waals surface area contributed by atoms with E-state index in [9.17, 15) is 0 Å². The summed E-state index contributed by atoms with van der Waals surface area (Å²) in [5.74, 6) is 0.786. The van der Waals surface area contributed by atoms with E-state index < -0.39 is 7.32 Å². The molecule has 0 atom stereocenters. The van der Waals surface area contributed by atoms with Crippen LogP contribution < -0.4 is 4.65 Å². The maximum Gasteiger partial charge on any atom is 0.737 e. The smallest absolute Gasteiger partial charge is 0.510 e. The Bertz CT molecular complexity index is 357. The van der Waals surface area contributed by atoms with E-state index in [0.717, 1.165) is 11.3 Å². The molecule has 0 bridgehead atoms. The monoisotopic (exact) mass is 292 g/mol. The van der Waals surface area contributed by atoms with Gasteiger partial charge in [0.25, 0.3) is 0 Å². The van der Waals surface area contributed by atoms with Crippen molar-refractivity contribution in [3.8, 4) is 5.75 Å². The van der Waals surface area contributed by atoms with Crippen molar-refractivity contribution in [3.05, 3.63) is 29.3 Å². The number of benzene rings is 1. The van der Waals surface area contributed by atoms with Crippen LogP contribution in [0.5, 0.6) is 5.75 Å². The highest BCUT2D eigenvalue weighted by molar-refractivity contribution is 9.25. The number of hydrogen-bond donors (Lipinski definition) is 0. The molecular weight excluding hydrogens is 283 g/mol. The summed E-state index contributed by atoms with van der Waals surface area (Å²) >= 11 is 2.52. The summed E-state index contributed by atoms with van der Waals surface area (Å²) in [6, 6.07) is 6.00. The van der Waals surface area contributed by atoms with Gasteiger partial charge in [-0.25, -0.2) is 0 Å². The van der Waals surface area contributed by atoms with Crippen LogP contribution >= 0.6 is 41.8 Å². The second kappa shape index (κ2) is 6.37. The van der Waals surface area contributed by atoms with Crippen LogP contribution in [0.1, 0.15) is 11.1 Å². The van der Waals surface area contributed by atoms with Crippen LogP contribution in [0.2, 0.25) is 0 Å². The molecule has 8 heteroatoms. The average Bonchev–Trinajstić information content (AvgIpc) is 2.51. The highest BCUT2D eigenvalue weighted by Crippen LogP contribution is 2.47. The molecule has 1 heterocycles. The molecule has 0 spiro atoms. The zero-order valence-electron chi connectivity index (χ0n) is 8.67. The van der Waals surface area contributed by atoms with Crippen LogP contribution in [0, 0.1) is 13.8 Å². The minimum atomic E-state index is -0.668. The van der Waals surface area contributed by atoms with E-state index in [1.54, 1.807) is 0 Å². The van der Waals surface area contributed by atoms with Gasteiger partial charge in [-0.1, -0.05) is 17.7 Å². The van der Waals surface area contributed by atoms with E-state index in [-0.39, 0.29) is 0 Å². The van der Waals surface area contributed by atoms with Gasteiger partial charge in [0.1, 0.15) is 5.75 Å². The van der Waals surface area contributed by atoms with Crippen LogP contribution in [0.15, 0.2) is 18.2 Å². The topological polar surface area (TPSA) is 27.7 Å². The number of hydrogen-bond acceptors (Lipinski definition) is 7. The molecule has 0 saturated carbocycles. The first-order chi connectivity index (χ1) is 7.75. The molecule has 1 aromatic rings. The molecular formula is C8H9BO3S4. The highest BCUT2D eigenvalue weighted by atomic mass is 33.7. The Morgan fingerprint density at radius 2 is 1.81 bits per heavy atom. The molecule has 1 saturated heterocycles. The second-order valence-corrected chi connectivity index (χ2v) is 8.15. The summed E-state index contributed by atoms with van der Waals surface area (Å²) in [6.45, 7) is 4.05. The fraction of sp³-hybridized carbons (Fsp3) is 0.250. The van der Waals surface area contributed by atoms with Crippen LogP contribution in [-0.4, -0.2) is 7.32 Å². The van der Waals surface area contributed by atoms with E-state index in [4.69, 9.17) is 12.9 Å². The minimum Gasteiger partial charge on any atom is -0.510 e. The largest absolute Gasteiger partial charge is 0.737 e. The SMILES string of the molecule is Cc1ccc(OB2OSSSSO2)c(C)c1. The maximum absolute atomic E-state index is 5.61. The minimum absolute atomic E-state index is 0.668. The Morgan fingerprint density at radius 3 is 2.44 bits per heavy atom. The van der Waals surface area contributed by atoms with E-state index in [2.05, 4.69) is 13.0 Å². The molecule has 2 rings (SSSR count). The van der Waals surface area contributed by atoms with Gasteiger partial charge in [0.2, 0.25) is 0 Å². The van der Waals surface area contributed by atoms with Crippen molar-refractivity contribution in [3.63, 3.8) is 0 Å². The van der Waals surface area contributed by atoms with E-state index in [1.165, 1.54) is 47.4 Å². The van der Waals surface area contributed by atoms with Crippen molar-refractivity contribution < 1.29 is 12.9 Å². The lowest BCUT2D eigenvalue weighted by molar-refractivity contribution is 0.354. The molecule has 1 aromatic carbocycles. The van der Waals surface area contributed by atoms with Gasteiger partial charge in [0, 0.05) is 19.7 Å². The lowest BCUT2D eigenvalue weighted by Crippen LogP contribution is -2.24. The predicted molar refractivity (Wildman–Crippen MR) is 74.8 cm³/mol. The van der Waals surface area contributed by atoms with Gasteiger partial charge in [-0.15, -0.1) is 0 Å². The fourth-order valence-electron chi connectivity index (χ4n) is 1.21. The third-order valence-corrected chi connectivity index (χ3v) is 6.48. The first-order valence-corrected chi connectivity index (χ1v) is 9.15. The first kappa shape index (κ1) is 12.9. The van der Waals surface area contributed by atoms with E-state index in [1.807, 2.05) is 19.1 Å². The summed E-state index contributed by atoms with van der Waals surface area (Å²) in [7, 11) is 2.34. The molecule has 0 aliphatic carbocycles. The lowest BCUT2D eigenvalue weighted by Gasteiger charge is -2.12. The Kier molecular flexibility index (Phi) is 5.11. The van der Waals surface area contributed by atoms with E-state index in [0.29, 0.717) is 0 Å². The maximum atomic E-state index is 5.61. The molecule has 0 radical (unpaired) electrons. The Morgan fingerprint density at radius 1 is 1.12 bits per heavy atom. The van der Waals surface area contributed by atoms with Gasteiger partial charge in [-0.05, 0) is 25.5 Å². The molecule has 16 heavy (non-hydrogen) atoms. The molecule has 0 N–H and O–H groups in total. The second-order valence-electron chi connectivity index (χ2n) is 3.14. The third-order valence-electron chi connectivity index (χ3n) is 1.87. The van der Waals surface area contributed by atoms with Gasteiger partial charge in [-0.2, -0.15) is 0 Å². The van der Waals surface area contributed by atoms with Gasteiger partial charge in [0.15, 0.2) is 0 Å². The molecule has 0 amide bonds. The summed E-state index contributed by atoms with van der Waals surface area (Å²) < 4.78 is 16.2. The Hall–Kier alpha value is 0.405. The normalized spacial score (nSPS) is 17.0. The van der Waals surface area contributed by atoms with Crippen molar-refractivity contribution in [2.45, 2.75) is 13.8 Å². The quantitative estimate of drug-likeness (QED) is 0.457. The Balaban J connectivity index is 2.01. The zero-order valence-corrected chi connectivity index (χ0v) is 11.9. The molecule has 1 aliphatic heterocycles. The number of aryl methyl sites for hydroxylation is 2. The fourth-order valence-corrected chi connectivity index (χ4v) is 4.58. The standard InChI is InChI=1S/C8H9BO3S4/c1-6-3-4-8(7(2)5-6)10-9-11-13-15-16-14-12-9/h3-5H,1-2H3. The summed E-state index contributed by atoms with van der Waals surface area (Å²) in [6.07, 6.45) is 0. The van der Waals surface area contributed by atoms with Crippen molar-refractivity contribution >= 4 is 49.1 Å². The van der Waals surface area contributed by atoms with Gasteiger partial charge < -0.3 is 4.65 Å². The lowest BCUT2D eigenvalue weighted by atomic mass is 10.1. The molecule has 0 aromatic heterocycles. The van der Waals surface area contributed by atoms with Crippen LogP contribution in [-0.2, 0) is 8.20 Å². The van der Waals surface area contributed by atoms with E-state index >= 15 is 0 Å². The summed E-state index contributed by atoms with van der Waals surface area (Å²) in [4.78, 5) is 0. The first-order valence-electron chi connectivity index (χ1n) is 4.48. The Labute approximate surface area is 111 Å². The van der Waals surface area contributed by atoms with Crippen molar-refractivity contribution in [2.24, 2.45) is 0 Å². The van der Waals surface area contributed by atoms with Crippen LogP contribution in [0.25, 0.3) is 0 Å². The van der Waals surface area contributed by atoms with Crippen molar-refractivity contribution in [2.75, 3.05) is 0 Å². The van der Waals surface area contributed by atoms with Crippen LogP contribution in [0.3, 0.4) is 0 Å². The highest BCUT2D eigenvalue weighted by Gasteiger charge is 2.29. The van der Waals surface area contributed by atoms with Gasteiger partial charge >= 0.3 is 7.32 Å². The van der Waals surface area contributed by atoms with Crippen molar-refractivity contribution in [1.29, 1.82) is 0 Å². The van der Waals surface area contributed by atoms with Crippen LogP contribution in [0.4, 0.5) is 0 Å². The average molecular weight is 292 g/mol. The van der Waals surface area contributed by atoms with Crippen molar-refractivity contribution in [1.82, 2.24) is 0 Å². The van der Waals surface area contributed by atoms with Gasteiger partial charge in [-0.3, -0.25) is 8.20 Å². The molecule has 86 valence electrons. The predicted octanol–water partition coefficient (Wildman–Crippen LogP) is 4.22. The molecule has 0 unspecified atom stereocenters. The molecule has 1 fully saturated rings. The molecule has 3 nitrogen and oxygen atoms in total. The zero-order chi connectivity index (χ0) is 11.4. The summed E-state index contributed by atoms with van der Waals surface area (Å²) in [5, 5.41) is 0. The van der Waals surface area contributed by atoms with Gasteiger partial charge in [0.05, 0.1) is 22.1 Å². The summed E-state index contributed by atoms with van der Waals surface area (Å²) in [5.41, 5.74) is 2.29. The molecule has 1 aliphatic rings. The number of rotatable bonds is 2.